The number of benzene rings is 4. The molecule has 1 heterocycles. The monoisotopic (exact) mass is 619 g/mol. The smallest absolute Gasteiger partial charge is 0.0887 e. The van der Waals surface area contributed by atoms with Crippen LogP contribution in [0.4, 0.5) is 0 Å². The Morgan fingerprint density at radius 3 is 1.83 bits per heavy atom. The largest absolute Gasteiger partial charge is 0.279 e. The van der Waals surface area contributed by atoms with Gasteiger partial charge in [-0.2, -0.15) is 0 Å². The average molecular weight is 620 g/mol. The van der Waals surface area contributed by atoms with Gasteiger partial charge in [-0.25, -0.2) is 0 Å². The van der Waals surface area contributed by atoms with Crippen molar-refractivity contribution < 1.29 is 0 Å². The number of hydrogen-bond donors (Lipinski definition) is 2. The third kappa shape index (κ3) is 7.08. The predicted molar refractivity (Wildman–Crippen MR) is 200 cm³/mol. The van der Waals surface area contributed by atoms with E-state index in [1.165, 1.54) is 39.0 Å². The molecule has 2 aliphatic rings. The fraction of sp³-hybridized carbons (Fsp3) is 0.227. The topological polar surface area (TPSA) is 27.3 Å². The Bertz CT molecular complexity index is 1640. The van der Waals surface area contributed by atoms with Crippen molar-refractivity contribution in [2.45, 2.75) is 57.5 Å². The second-order valence-corrected chi connectivity index (χ2v) is 11.8. The zero-order chi connectivity index (χ0) is 33.1. The summed E-state index contributed by atoms with van der Waals surface area (Å²) in [5.41, 5.74) is 8.18. The van der Waals surface area contributed by atoms with Crippen molar-refractivity contribution in [3.8, 4) is 0 Å². The summed E-state index contributed by atoms with van der Waals surface area (Å²) in [7, 11) is 2.22. The molecule has 3 atom stereocenters. The Labute approximate surface area is 282 Å². The summed E-state index contributed by atoms with van der Waals surface area (Å²) in [5.74, 6) is 0. The van der Waals surface area contributed by atoms with Crippen molar-refractivity contribution in [2.24, 2.45) is 0 Å². The van der Waals surface area contributed by atoms with Gasteiger partial charge in [-0.15, -0.1) is 0 Å². The van der Waals surface area contributed by atoms with E-state index in [2.05, 4.69) is 188 Å². The molecule has 0 spiro atoms. The van der Waals surface area contributed by atoms with Crippen molar-refractivity contribution in [3.05, 3.63) is 203 Å². The summed E-state index contributed by atoms with van der Waals surface area (Å²) in [4.78, 5) is 2.43. The van der Waals surface area contributed by atoms with Crippen LogP contribution in [0, 0.1) is 0 Å². The molecular formula is C44H49N3. The maximum absolute atomic E-state index is 4.10. The van der Waals surface area contributed by atoms with Crippen LogP contribution in [-0.2, 0) is 5.41 Å². The van der Waals surface area contributed by atoms with Gasteiger partial charge >= 0.3 is 0 Å². The molecule has 6 rings (SSSR count). The van der Waals surface area contributed by atoms with Crippen LogP contribution in [-0.4, -0.2) is 18.1 Å². The lowest BCUT2D eigenvalue weighted by atomic mass is 9.64. The summed E-state index contributed by atoms with van der Waals surface area (Å²) in [5, 5.41) is 7.82. The Kier molecular flexibility index (Phi) is 11.8. The van der Waals surface area contributed by atoms with Gasteiger partial charge in [0.2, 0.25) is 0 Å². The van der Waals surface area contributed by atoms with E-state index in [4.69, 9.17) is 0 Å². The van der Waals surface area contributed by atoms with Gasteiger partial charge in [0.25, 0.3) is 0 Å². The van der Waals surface area contributed by atoms with Crippen molar-refractivity contribution in [1.82, 2.24) is 15.5 Å². The van der Waals surface area contributed by atoms with E-state index in [1.54, 1.807) is 0 Å². The molecule has 4 aromatic rings. The van der Waals surface area contributed by atoms with E-state index >= 15 is 0 Å². The molecule has 3 unspecified atom stereocenters. The molecule has 1 fully saturated rings. The number of allylic oxidation sites excluding steroid dienone is 8. The Balaban J connectivity index is 0.00000213. The van der Waals surface area contributed by atoms with Gasteiger partial charge in [0.05, 0.1) is 23.9 Å². The lowest BCUT2D eigenvalue weighted by molar-refractivity contribution is 0.0596. The van der Waals surface area contributed by atoms with E-state index in [9.17, 15) is 0 Å². The highest BCUT2D eigenvalue weighted by Gasteiger charge is 2.40. The summed E-state index contributed by atoms with van der Waals surface area (Å²) in [6.07, 6.45) is 17.4. The van der Waals surface area contributed by atoms with Gasteiger partial charge in [-0.3, -0.25) is 15.5 Å². The molecule has 3 nitrogen and oxygen atoms in total. The van der Waals surface area contributed by atoms with Crippen LogP contribution in [0.15, 0.2) is 176 Å². The van der Waals surface area contributed by atoms with Crippen molar-refractivity contribution in [2.75, 3.05) is 7.05 Å². The number of nitrogens with one attached hydrogen (secondary N) is 2. The number of likely N-dealkylation sites (N-methyl/N-ethyl adjacent to an activating group) is 1. The van der Waals surface area contributed by atoms with Gasteiger partial charge in [-0.05, 0) is 65.8 Å². The third-order valence-electron chi connectivity index (χ3n) is 9.14. The van der Waals surface area contributed by atoms with Crippen LogP contribution in [0.5, 0.6) is 0 Å². The van der Waals surface area contributed by atoms with Crippen LogP contribution in [0.25, 0.3) is 0 Å². The first-order valence-corrected chi connectivity index (χ1v) is 17.0. The Morgan fingerprint density at radius 1 is 0.745 bits per heavy atom. The minimum Gasteiger partial charge on any atom is -0.279 e. The van der Waals surface area contributed by atoms with Gasteiger partial charge in [0.1, 0.15) is 0 Å². The maximum Gasteiger partial charge on any atom is 0.0887 e. The van der Waals surface area contributed by atoms with E-state index in [-0.39, 0.29) is 18.5 Å². The van der Waals surface area contributed by atoms with E-state index in [0.29, 0.717) is 0 Å². The fourth-order valence-corrected chi connectivity index (χ4v) is 7.04. The quantitative estimate of drug-likeness (QED) is 0.144. The summed E-state index contributed by atoms with van der Waals surface area (Å²) < 4.78 is 0. The summed E-state index contributed by atoms with van der Waals surface area (Å²) >= 11 is 0. The Morgan fingerprint density at radius 2 is 1.30 bits per heavy atom. The molecule has 2 N–H and O–H groups in total. The molecule has 0 bridgehead atoms. The molecule has 1 aliphatic heterocycles. The van der Waals surface area contributed by atoms with Gasteiger partial charge in [0.15, 0.2) is 0 Å². The minimum absolute atomic E-state index is 0.0175. The molecule has 0 aromatic heterocycles. The zero-order valence-electron chi connectivity index (χ0n) is 28.3. The highest BCUT2D eigenvalue weighted by molar-refractivity contribution is 5.62. The first-order chi connectivity index (χ1) is 23.2. The van der Waals surface area contributed by atoms with Crippen molar-refractivity contribution in [1.29, 1.82) is 0 Å². The molecule has 1 saturated heterocycles. The SMILES string of the molecule is C=C/C=C(\C=C/C)C(c1ccccc1)(c1ccccc1)c1ccc(C2NC(c3ccccc3)NC(C3=CC=CCC3)N2C)cc1.CC. The number of nitrogens with zero attached hydrogens (tertiary/aromatic N) is 1. The highest BCUT2D eigenvalue weighted by Crippen LogP contribution is 2.46. The first-order valence-electron chi connectivity index (χ1n) is 17.0. The lowest BCUT2D eigenvalue weighted by Crippen LogP contribution is -2.60. The van der Waals surface area contributed by atoms with Crippen molar-refractivity contribution in [3.63, 3.8) is 0 Å². The molecule has 3 heteroatoms. The van der Waals surface area contributed by atoms with Crippen LogP contribution in [0.3, 0.4) is 0 Å². The molecule has 0 saturated carbocycles. The van der Waals surface area contributed by atoms with Crippen LogP contribution in [0.1, 0.15) is 73.8 Å². The summed E-state index contributed by atoms with van der Waals surface area (Å²) in [6.45, 7) is 10.2. The van der Waals surface area contributed by atoms with E-state index < -0.39 is 5.41 Å². The third-order valence-corrected chi connectivity index (χ3v) is 9.14. The number of rotatable bonds is 9. The summed E-state index contributed by atoms with van der Waals surface area (Å²) in [6, 6.07) is 41.7. The molecule has 47 heavy (non-hydrogen) atoms. The first kappa shape index (κ1) is 33.8. The standard InChI is InChI=1S/C42H43N3.C2H6/c1-4-18-35(19-5-2)42(36-24-14-8-15-25-36,37-26-16-9-17-27-37)38-30-28-34(29-31-38)41-44-39(32-20-10-6-11-21-32)43-40(45(41)3)33-22-12-7-13-23-33;1-2/h4-12,14-22,24-31,39-41,43-44H,1,13,23H2,2-3H3;1-2H3/b19-5-,35-18+;. The fourth-order valence-electron chi connectivity index (χ4n) is 7.04. The second-order valence-electron chi connectivity index (χ2n) is 11.8. The van der Waals surface area contributed by atoms with Gasteiger partial charge < -0.3 is 0 Å². The van der Waals surface area contributed by atoms with E-state index in [0.717, 1.165) is 12.8 Å². The molecule has 1 aliphatic carbocycles. The zero-order valence-corrected chi connectivity index (χ0v) is 28.3. The molecule has 240 valence electrons. The average Bonchev–Trinajstić information content (AvgIpc) is 3.15. The molecule has 0 radical (unpaired) electrons. The maximum atomic E-state index is 4.10. The molecule has 4 aromatic carbocycles. The predicted octanol–water partition coefficient (Wildman–Crippen LogP) is 10.2. The lowest BCUT2D eigenvalue weighted by Gasteiger charge is -2.46. The van der Waals surface area contributed by atoms with Crippen LogP contribution >= 0.6 is 0 Å². The van der Waals surface area contributed by atoms with Crippen LogP contribution < -0.4 is 10.6 Å². The second kappa shape index (κ2) is 16.3. The number of hydrogen-bond acceptors (Lipinski definition) is 3. The van der Waals surface area contributed by atoms with Crippen molar-refractivity contribution >= 4 is 0 Å². The van der Waals surface area contributed by atoms with Crippen LogP contribution in [0.2, 0.25) is 0 Å². The normalized spacial score (nSPS) is 20.3. The van der Waals surface area contributed by atoms with Gasteiger partial charge in [0, 0.05) is 0 Å². The van der Waals surface area contributed by atoms with Gasteiger partial charge in [-0.1, -0.05) is 178 Å². The highest BCUT2D eigenvalue weighted by atomic mass is 15.4. The minimum atomic E-state index is -0.524. The Hall–Kier alpha value is -4.54. The molecular weight excluding hydrogens is 571 g/mol. The van der Waals surface area contributed by atoms with E-state index in [1.807, 2.05) is 19.9 Å². The molecule has 0 amide bonds.